The first-order valence-electron chi connectivity index (χ1n) is 7.65. The molecule has 4 nitrogen and oxygen atoms in total. The summed E-state index contributed by atoms with van der Waals surface area (Å²) in [6.07, 6.45) is 5.22. The molecule has 0 bridgehead atoms. The normalized spacial score (nSPS) is 15.6. The van der Waals surface area contributed by atoms with Gasteiger partial charge in [-0.05, 0) is 31.2 Å². The van der Waals surface area contributed by atoms with Gasteiger partial charge in [-0.2, -0.15) is 0 Å². The lowest BCUT2D eigenvalue weighted by molar-refractivity contribution is 0.0595. The Morgan fingerprint density at radius 3 is 2.36 bits per heavy atom. The van der Waals surface area contributed by atoms with Gasteiger partial charge in [-0.1, -0.05) is 17.7 Å². The van der Waals surface area contributed by atoms with Crippen LogP contribution >= 0.6 is 0 Å². The van der Waals surface area contributed by atoms with Crippen molar-refractivity contribution in [2.45, 2.75) is 25.9 Å². The Labute approximate surface area is 130 Å². The Morgan fingerprint density at radius 2 is 1.73 bits per heavy atom. The number of piperidine rings is 1. The largest absolute Gasteiger partial charge is 0.490 e. The maximum atomic E-state index is 12.4. The molecule has 22 heavy (non-hydrogen) atoms. The van der Waals surface area contributed by atoms with Gasteiger partial charge in [-0.25, -0.2) is 0 Å². The van der Waals surface area contributed by atoms with E-state index in [1.807, 2.05) is 17.0 Å². The molecule has 0 saturated carbocycles. The number of ether oxygens (including phenoxy) is 1. The molecule has 1 aliphatic heterocycles. The number of nitrogens with zero attached hydrogens (tertiary/aromatic N) is 2. The molecule has 0 radical (unpaired) electrons. The number of aromatic nitrogens is 1. The topological polar surface area (TPSA) is 42.4 Å². The summed E-state index contributed by atoms with van der Waals surface area (Å²) in [5.74, 6) is 0.987. The van der Waals surface area contributed by atoms with Gasteiger partial charge in [0.25, 0.3) is 5.91 Å². The number of carbonyl (C=O) groups is 1. The number of aryl methyl sites for hydroxylation is 1. The van der Waals surface area contributed by atoms with Gasteiger partial charge in [0.2, 0.25) is 0 Å². The highest BCUT2D eigenvalue weighted by atomic mass is 16.5. The van der Waals surface area contributed by atoms with Gasteiger partial charge in [-0.15, -0.1) is 0 Å². The quantitative estimate of drug-likeness (QED) is 0.874. The first-order valence-corrected chi connectivity index (χ1v) is 7.65. The van der Waals surface area contributed by atoms with E-state index in [0.29, 0.717) is 5.56 Å². The lowest BCUT2D eigenvalue weighted by Gasteiger charge is -2.32. The SMILES string of the molecule is Cc1ccc(OC2CCN(C(=O)c3ccncc3)CC2)cc1. The summed E-state index contributed by atoms with van der Waals surface area (Å²) in [4.78, 5) is 18.2. The molecule has 0 aliphatic carbocycles. The Morgan fingerprint density at radius 1 is 1.09 bits per heavy atom. The van der Waals surface area contributed by atoms with E-state index >= 15 is 0 Å². The molecule has 3 rings (SSSR count). The van der Waals surface area contributed by atoms with Crippen LogP contribution in [0, 0.1) is 6.92 Å². The number of rotatable bonds is 3. The van der Waals surface area contributed by atoms with Crippen molar-refractivity contribution < 1.29 is 9.53 Å². The fourth-order valence-electron chi connectivity index (χ4n) is 2.66. The third kappa shape index (κ3) is 3.45. The van der Waals surface area contributed by atoms with Gasteiger partial charge < -0.3 is 9.64 Å². The van der Waals surface area contributed by atoms with Crippen LogP contribution in [0.15, 0.2) is 48.8 Å². The molecule has 1 amide bonds. The molecule has 4 heteroatoms. The van der Waals surface area contributed by atoms with E-state index in [1.54, 1.807) is 24.5 Å². The number of hydrogen-bond acceptors (Lipinski definition) is 3. The minimum Gasteiger partial charge on any atom is -0.490 e. The van der Waals surface area contributed by atoms with Crippen LogP contribution in [0.25, 0.3) is 0 Å². The van der Waals surface area contributed by atoms with Gasteiger partial charge in [0.05, 0.1) is 0 Å². The van der Waals surface area contributed by atoms with E-state index in [4.69, 9.17) is 4.74 Å². The summed E-state index contributed by atoms with van der Waals surface area (Å²) in [5.41, 5.74) is 1.93. The maximum Gasteiger partial charge on any atom is 0.253 e. The smallest absolute Gasteiger partial charge is 0.253 e. The van der Waals surface area contributed by atoms with Crippen LogP contribution < -0.4 is 4.74 Å². The van der Waals surface area contributed by atoms with Crippen LogP contribution in [0.3, 0.4) is 0 Å². The van der Waals surface area contributed by atoms with Crippen LogP contribution in [-0.2, 0) is 0 Å². The highest BCUT2D eigenvalue weighted by Gasteiger charge is 2.24. The van der Waals surface area contributed by atoms with Crippen molar-refractivity contribution in [2.75, 3.05) is 13.1 Å². The van der Waals surface area contributed by atoms with Gasteiger partial charge in [-0.3, -0.25) is 9.78 Å². The van der Waals surface area contributed by atoms with Crippen LogP contribution in [0.2, 0.25) is 0 Å². The Hall–Kier alpha value is -2.36. The molecular weight excluding hydrogens is 276 g/mol. The number of amides is 1. The molecule has 114 valence electrons. The molecule has 1 aromatic carbocycles. The van der Waals surface area contributed by atoms with Crippen molar-refractivity contribution in [3.05, 3.63) is 59.9 Å². The zero-order valence-electron chi connectivity index (χ0n) is 12.7. The van der Waals surface area contributed by atoms with E-state index in [0.717, 1.165) is 31.7 Å². The van der Waals surface area contributed by atoms with Crippen molar-refractivity contribution in [3.63, 3.8) is 0 Å². The van der Waals surface area contributed by atoms with E-state index in [2.05, 4.69) is 24.0 Å². The molecule has 2 aromatic rings. The first-order chi connectivity index (χ1) is 10.7. The second-order valence-corrected chi connectivity index (χ2v) is 5.66. The average Bonchev–Trinajstić information content (AvgIpc) is 2.58. The molecular formula is C18H20N2O2. The maximum absolute atomic E-state index is 12.4. The zero-order valence-corrected chi connectivity index (χ0v) is 12.7. The molecule has 0 unspecified atom stereocenters. The number of hydrogen-bond donors (Lipinski definition) is 0. The Kier molecular flexibility index (Phi) is 4.37. The standard InChI is InChI=1S/C18H20N2O2/c1-14-2-4-16(5-3-14)22-17-8-12-20(13-9-17)18(21)15-6-10-19-11-7-15/h2-7,10-11,17H,8-9,12-13H2,1H3. The highest BCUT2D eigenvalue weighted by molar-refractivity contribution is 5.94. The number of carbonyl (C=O) groups excluding carboxylic acids is 1. The third-order valence-corrected chi connectivity index (χ3v) is 3.98. The van der Waals surface area contributed by atoms with Gasteiger partial charge in [0.15, 0.2) is 0 Å². The van der Waals surface area contributed by atoms with Crippen molar-refractivity contribution in [1.82, 2.24) is 9.88 Å². The van der Waals surface area contributed by atoms with Crippen LogP contribution in [0.4, 0.5) is 0 Å². The summed E-state index contributed by atoms with van der Waals surface area (Å²) in [5, 5.41) is 0. The minimum absolute atomic E-state index is 0.0798. The molecule has 0 atom stereocenters. The van der Waals surface area contributed by atoms with Crippen molar-refractivity contribution >= 4 is 5.91 Å². The van der Waals surface area contributed by atoms with Crippen LogP contribution in [0.1, 0.15) is 28.8 Å². The fraction of sp³-hybridized carbons (Fsp3) is 0.333. The van der Waals surface area contributed by atoms with Gasteiger partial charge in [0, 0.05) is 43.9 Å². The summed E-state index contributed by atoms with van der Waals surface area (Å²) >= 11 is 0. The summed E-state index contributed by atoms with van der Waals surface area (Å²) < 4.78 is 6.00. The fourth-order valence-corrected chi connectivity index (χ4v) is 2.66. The van der Waals surface area contributed by atoms with Gasteiger partial charge >= 0.3 is 0 Å². The Balaban J connectivity index is 1.54. The second-order valence-electron chi connectivity index (χ2n) is 5.66. The average molecular weight is 296 g/mol. The second kappa shape index (κ2) is 6.60. The number of benzene rings is 1. The lowest BCUT2D eigenvalue weighted by Crippen LogP contribution is -2.41. The van der Waals surface area contributed by atoms with E-state index in [1.165, 1.54) is 5.56 Å². The van der Waals surface area contributed by atoms with Crippen molar-refractivity contribution in [2.24, 2.45) is 0 Å². The van der Waals surface area contributed by atoms with Crippen molar-refractivity contribution in [1.29, 1.82) is 0 Å². The Bertz CT molecular complexity index is 617. The summed E-state index contributed by atoms with van der Waals surface area (Å²) in [6.45, 7) is 3.53. The van der Waals surface area contributed by atoms with E-state index < -0.39 is 0 Å². The molecule has 0 N–H and O–H groups in total. The van der Waals surface area contributed by atoms with Gasteiger partial charge in [0.1, 0.15) is 11.9 Å². The van der Waals surface area contributed by atoms with Crippen LogP contribution in [-0.4, -0.2) is 35.0 Å². The van der Waals surface area contributed by atoms with E-state index in [-0.39, 0.29) is 12.0 Å². The number of likely N-dealkylation sites (tertiary alicyclic amines) is 1. The molecule has 1 aromatic heterocycles. The number of pyridine rings is 1. The van der Waals surface area contributed by atoms with Crippen LogP contribution in [0.5, 0.6) is 5.75 Å². The molecule has 1 saturated heterocycles. The zero-order chi connectivity index (χ0) is 15.4. The summed E-state index contributed by atoms with van der Waals surface area (Å²) in [7, 11) is 0. The first kappa shape index (κ1) is 14.6. The monoisotopic (exact) mass is 296 g/mol. The minimum atomic E-state index is 0.0798. The third-order valence-electron chi connectivity index (χ3n) is 3.98. The molecule has 2 heterocycles. The molecule has 1 fully saturated rings. The van der Waals surface area contributed by atoms with Crippen molar-refractivity contribution in [3.8, 4) is 5.75 Å². The molecule has 1 aliphatic rings. The van der Waals surface area contributed by atoms with E-state index in [9.17, 15) is 4.79 Å². The highest BCUT2D eigenvalue weighted by Crippen LogP contribution is 2.20. The lowest BCUT2D eigenvalue weighted by atomic mass is 10.1. The molecule has 0 spiro atoms. The summed E-state index contributed by atoms with van der Waals surface area (Å²) in [6, 6.07) is 11.6. The predicted octanol–water partition coefficient (Wildman–Crippen LogP) is 3.07. The predicted molar refractivity (Wildman–Crippen MR) is 85.0 cm³/mol.